The molecule has 0 spiro atoms. The summed E-state index contributed by atoms with van der Waals surface area (Å²) in [5.41, 5.74) is 10.8. The van der Waals surface area contributed by atoms with Gasteiger partial charge in [-0.3, -0.25) is 0 Å². The Bertz CT molecular complexity index is 2490. The average molecular weight is 641 g/mol. The van der Waals surface area contributed by atoms with Gasteiger partial charge >= 0.3 is 0 Å². The largest absolute Gasteiger partial charge is 0.324 e. The molecule has 236 valence electrons. The average Bonchev–Trinajstić information content (AvgIpc) is 3.21. The molecule has 0 unspecified atom stereocenters. The Morgan fingerprint density at radius 3 is 1.62 bits per heavy atom. The van der Waals surface area contributed by atoms with Crippen molar-refractivity contribution < 1.29 is 0 Å². The van der Waals surface area contributed by atoms with E-state index >= 15 is 0 Å². The van der Waals surface area contributed by atoms with Gasteiger partial charge in [0.15, 0.2) is 6.17 Å². The molecule has 0 atom stereocenters. The predicted octanol–water partition coefficient (Wildman–Crippen LogP) is 10.9. The van der Waals surface area contributed by atoms with Gasteiger partial charge in [0, 0.05) is 22.1 Å². The first-order chi connectivity index (χ1) is 24.8. The molecule has 1 aliphatic heterocycles. The lowest BCUT2D eigenvalue weighted by molar-refractivity contribution is 0.756. The summed E-state index contributed by atoms with van der Waals surface area (Å²) in [6.07, 6.45) is -0.385. The minimum atomic E-state index is -0.385. The molecule has 0 amide bonds. The van der Waals surface area contributed by atoms with Gasteiger partial charge in [-0.15, -0.1) is 0 Å². The smallest absolute Gasteiger partial charge is 0.169 e. The molecular formula is C46H32N4. The second kappa shape index (κ2) is 12.8. The Morgan fingerprint density at radius 2 is 0.980 bits per heavy atom. The zero-order valence-electron chi connectivity index (χ0n) is 27.2. The van der Waals surface area contributed by atoms with E-state index in [1.807, 2.05) is 42.5 Å². The van der Waals surface area contributed by atoms with Crippen molar-refractivity contribution in [3.63, 3.8) is 0 Å². The highest BCUT2D eigenvalue weighted by Crippen LogP contribution is 2.38. The monoisotopic (exact) mass is 640 g/mol. The van der Waals surface area contributed by atoms with Gasteiger partial charge in [-0.05, 0) is 62.9 Å². The second-order valence-electron chi connectivity index (χ2n) is 12.5. The molecule has 1 aromatic heterocycles. The topological polar surface area (TPSA) is 49.6 Å². The molecular weight excluding hydrogens is 609 g/mol. The molecule has 4 nitrogen and oxygen atoms in total. The maximum Gasteiger partial charge on any atom is 0.169 e. The summed E-state index contributed by atoms with van der Waals surface area (Å²) in [5, 5.41) is 7.00. The van der Waals surface area contributed by atoms with Crippen molar-refractivity contribution in [1.29, 1.82) is 0 Å². The SMILES string of the molecule is c1ccc(C2=NC(c3cccc(-c4ccc5c(ccc6nc(-c7ccccc7)cc(-c7ccccc7)c65)c4)c3)N=C(c3ccccc3)N2)cc1. The number of rotatable bonds is 6. The maximum absolute atomic E-state index is 5.15. The first-order valence-corrected chi connectivity index (χ1v) is 16.9. The van der Waals surface area contributed by atoms with Crippen molar-refractivity contribution in [3.8, 4) is 33.5 Å². The first-order valence-electron chi connectivity index (χ1n) is 16.9. The summed E-state index contributed by atoms with van der Waals surface area (Å²) >= 11 is 0. The van der Waals surface area contributed by atoms with Gasteiger partial charge in [-0.2, -0.15) is 0 Å². The molecule has 1 aliphatic rings. The Morgan fingerprint density at radius 1 is 0.420 bits per heavy atom. The van der Waals surface area contributed by atoms with Crippen molar-refractivity contribution in [2.24, 2.45) is 9.98 Å². The molecule has 0 radical (unpaired) electrons. The van der Waals surface area contributed by atoms with Gasteiger partial charge in [0.05, 0.1) is 11.2 Å². The van der Waals surface area contributed by atoms with Crippen molar-refractivity contribution in [3.05, 3.63) is 199 Å². The fourth-order valence-electron chi connectivity index (χ4n) is 6.81. The number of nitrogens with one attached hydrogen (secondary N) is 1. The van der Waals surface area contributed by atoms with Crippen LogP contribution in [0.15, 0.2) is 192 Å². The minimum Gasteiger partial charge on any atom is -0.324 e. The van der Waals surface area contributed by atoms with E-state index in [9.17, 15) is 0 Å². The lowest BCUT2D eigenvalue weighted by atomic mass is 9.92. The van der Waals surface area contributed by atoms with Crippen LogP contribution >= 0.6 is 0 Å². The number of pyridine rings is 1. The third-order valence-electron chi connectivity index (χ3n) is 9.30. The number of amidine groups is 2. The van der Waals surface area contributed by atoms with E-state index in [1.165, 1.54) is 21.9 Å². The van der Waals surface area contributed by atoms with E-state index in [1.54, 1.807) is 0 Å². The van der Waals surface area contributed by atoms with Crippen LogP contribution in [0.4, 0.5) is 0 Å². The summed E-state index contributed by atoms with van der Waals surface area (Å²) in [4.78, 5) is 15.3. The van der Waals surface area contributed by atoms with Crippen LogP contribution in [0.5, 0.6) is 0 Å². The van der Waals surface area contributed by atoms with E-state index < -0.39 is 0 Å². The third kappa shape index (κ3) is 5.63. The highest BCUT2D eigenvalue weighted by atomic mass is 15.2. The van der Waals surface area contributed by atoms with Crippen LogP contribution in [0, 0.1) is 0 Å². The Kier molecular flexibility index (Phi) is 7.52. The molecule has 9 rings (SSSR count). The minimum absolute atomic E-state index is 0.385. The maximum atomic E-state index is 5.15. The van der Waals surface area contributed by atoms with Crippen LogP contribution in [-0.4, -0.2) is 16.7 Å². The van der Waals surface area contributed by atoms with Crippen LogP contribution in [0.3, 0.4) is 0 Å². The molecule has 8 aromatic rings. The van der Waals surface area contributed by atoms with Crippen LogP contribution in [-0.2, 0) is 0 Å². The molecule has 0 bridgehead atoms. The van der Waals surface area contributed by atoms with Crippen LogP contribution in [0.2, 0.25) is 0 Å². The van der Waals surface area contributed by atoms with Gasteiger partial charge in [0.25, 0.3) is 0 Å². The van der Waals surface area contributed by atoms with Gasteiger partial charge < -0.3 is 5.32 Å². The Hall–Kier alpha value is -6.65. The molecule has 2 heterocycles. The zero-order valence-corrected chi connectivity index (χ0v) is 27.2. The van der Waals surface area contributed by atoms with Crippen molar-refractivity contribution in [2.75, 3.05) is 0 Å². The summed E-state index contributed by atoms with van der Waals surface area (Å²) in [6, 6.07) is 63.5. The third-order valence-corrected chi connectivity index (χ3v) is 9.30. The van der Waals surface area contributed by atoms with E-state index in [2.05, 4.69) is 145 Å². The quantitative estimate of drug-likeness (QED) is 0.184. The van der Waals surface area contributed by atoms with Gasteiger partial charge in [-0.25, -0.2) is 15.0 Å². The molecule has 0 fully saturated rings. The lowest BCUT2D eigenvalue weighted by Crippen LogP contribution is -2.35. The predicted molar refractivity (Wildman–Crippen MR) is 207 cm³/mol. The van der Waals surface area contributed by atoms with Gasteiger partial charge in [0.2, 0.25) is 0 Å². The van der Waals surface area contributed by atoms with Crippen molar-refractivity contribution >= 4 is 33.3 Å². The van der Waals surface area contributed by atoms with Crippen LogP contribution in [0.1, 0.15) is 22.9 Å². The molecule has 7 aromatic carbocycles. The second-order valence-corrected chi connectivity index (χ2v) is 12.5. The lowest BCUT2D eigenvalue weighted by Gasteiger charge is -2.22. The first kappa shape index (κ1) is 29.5. The Balaban J connectivity index is 1.14. The number of hydrogen-bond donors (Lipinski definition) is 1. The number of benzene rings is 7. The molecule has 50 heavy (non-hydrogen) atoms. The molecule has 4 heteroatoms. The van der Waals surface area contributed by atoms with Gasteiger partial charge in [0.1, 0.15) is 11.7 Å². The summed E-state index contributed by atoms with van der Waals surface area (Å²) in [5.74, 6) is 1.62. The van der Waals surface area contributed by atoms with Crippen LogP contribution < -0.4 is 5.32 Å². The standard InChI is InChI=1S/C46H32N4/c1-5-14-31(15-6-1)40-30-42(32-16-7-2-8-17-32)47-41-27-25-37-28-36(24-26-39(37)43(40)41)35-22-13-23-38(29-35)46-49-44(33-18-9-3-10-19-33)48-45(50-46)34-20-11-4-12-21-34/h1-30,46H,(H,48,49,50). The van der Waals surface area contributed by atoms with Gasteiger partial charge in [-0.1, -0.05) is 158 Å². The summed E-state index contributed by atoms with van der Waals surface area (Å²) in [7, 11) is 0. The fourth-order valence-corrected chi connectivity index (χ4v) is 6.81. The fraction of sp³-hybridized carbons (Fsp3) is 0.0217. The highest BCUT2D eigenvalue weighted by Gasteiger charge is 2.21. The number of aliphatic imine (C=N–C) groups is 2. The van der Waals surface area contributed by atoms with E-state index in [0.717, 1.165) is 61.6 Å². The number of hydrogen-bond acceptors (Lipinski definition) is 4. The number of fused-ring (bicyclic) bond motifs is 3. The summed E-state index contributed by atoms with van der Waals surface area (Å²) in [6.45, 7) is 0. The zero-order chi connectivity index (χ0) is 33.3. The number of aromatic nitrogens is 1. The highest BCUT2D eigenvalue weighted by molar-refractivity contribution is 6.16. The van der Waals surface area contributed by atoms with Crippen molar-refractivity contribution in [1.82, 2.24) is 10.3 Å². The molecule has 0 saturated heterocycles. The number of nitrogens with zero attached hydrogens (tertiary/aromatic N) is 3. The van der Waals surface area contributed by atoms with E-state index in [0.29, 0.717) is 0 Å². The van der Waals surface area contributed by atoms with E-state index in [-0.39, 0.29) is 6.17 Å². The Labute approximate surface area is 291 Å². The molecule has 1 N–H and O–H groups in total. The van der Waals surface area contributed by atoms with Crippen molar-refractivity contribution in [2.45, 2.75) is 6.17 Å². The molecule has 0 saturated carbocycles. The van der Waals surface area contributed by atoms with E-state index in [4.69, 9.17) is 15.0 Å². The summed E-state index contributed by atoms with van der Waals surface area (Å²) < 4.78 is 0. The molecule has 0 aliphatic carbocycles. The van der Waals surface area contributed by atoms with Crippen LogP contribution in [0.25, 0.3) is 55.2 Å². The normalized spacial score (nSPS) is 13.1.